The number of hydrogen-bond acceptors (Lipinski definition) is 5. The third kappa shape index (κ3) is 5.55. The molecule has 0 aromatic carbocycles. The van der Waals surface area contributed by atoms with Gasteiger partial charge >= 0.3 is 5.97 Å². The van der Waals surface area contributed by atoms with Gasteiger partial charge in [0.15, 0.2) is 0 Å². The number of ether oxygens (including phenoxy) is 1. The number of hydrogen-bond donors (Lipinski definition) is 0. The fourth-order valence-corrected chi connectivity index (χ4v) is 3.01. The quantitative estimate of drug-likeness (QED) is 0.715. The summed E-state index contributed by atoms with van der Waals surface area (Å²) >= 11 is 3.61. The fraction of sp³-hybridized carbons (Fsp3) is 0.667. The molecule has 0 aliphatic heterocycles. The van der Waals surface area contributed by atoms with Crippen LogP contribution in [0.1, 0.15) is 37.4 Å². The fourth-order valence-electron chi connectivity index (χ4n) is 1.19. The molecule has 0 saturated heterocycles. The van der Waals surface area contributed by atoms with E-state index in [1.165, 1.54) is 13.5 Å². The average molecular weight is 273 g/mol. The van der Waals surface area contributed by atoms with Crippen molar-refractivity contribution >= 4 is 29.1 Å². The van der Waals surface area contributed by atoms with E-state index in [1.807, 2.05) is 17.1 Å². The van der Waals surface area contributed by atoms with E-state index in [0.29, 0.717) is 18.1 Å². The summed E-state index contributed by atoms with van der Waals surface area (Å²) in [5.41, 5.74) is 1.00. The first-order valence-electron chi connectivity index (χ1n) is 5.77. The second-order valence-electron chi connectivity index (χ2n) is 3.84. The first kappa shape index (κ1) is 14.5. The molecule has 3 nitrogen and oxygen atoms in total. The smallest absolute Gasteiger partial charge is 0.305 e. The van der Waals surface area contributed by atoms with E-state index in [4.69, 9.17) is 0 Å². The first-order chi connectivity index (χ1) is 8.15. The summed E-state index contributed by atoms with van der Waals surface area (Å²) in [4.78, 5) is 15.5. The van der Waals surface area contributed by atoms with Gasteiger partial charge in [0.1, 0.15) is 5.01 Å². The van der Waals surface area contributed by atoms with Crippen molar-refractivity contribution in [2.24, 2.45) is 0 Å². The number of thiazole rings is 1. The van der Waals surface area contributed by atoms with Crippen LogP contribution in [0.2, 0.25) is 0 Å². The van der Waals surface area contributed by atoms with Gasteiger partial charge in [-0.3, -0.25) is 4.79 Å². The number of rotatable bonds is 7. The van der Waals surface area contributed by atoms with E-state index >= 15 is 0 Å². The van der Waals surface area contributed by atoms with Crippen LogP contribution in [-0.4, -0.2) is 23.3 Å². The maximum absolute atomic E-state index is 11.0. The second-order valence-corrected chi connectivity index (χ2v) is 6.21. The molecule has 0 radical (unpaired) electrons. The van der Waals surface area contributed by atoms with Crippen molar-refractivity contribution in [2.45, 2.75) is 44.1 Å². The highest BCUT2D eigenvalue weighted by molar-refractivity contribution is 7.99. The van der Waals surface area contributed by atoms with E-state index in [2.05, 4.69) is 23.6 Å². The predicted molar refractivity (Wildman–Crippen MR) is 73.5 cm³/mol. The monoisotopic (exact) mass is 273 g/mol. The highest BCUT2D eigenvalue weighted by Gasteiger charge is 2.07. The number of methoxy groups -OCH3 is 1. The minimum atomic E-state index is -0.173. The van der Waals surface area contributed by atoms with Crippen molar-refractivity contribution in [2.75, 3.05) is 7.11 Å². The number of carbonyl (C=O) groups excluding carboxylic acids is 1. The average Bonchev–Trinajstić information content (AvgIpc) is 2.80. The highest BCUT2D eigenvalue weighted by Crippen LogP contribution is 2.22. The van der Waals surface area contributed by atoms with Crippen molar-refractivity contribution in [3.05, 3.63) is 16.1 Å². The molecule has 0 spiro atoms. The van der Waals surface area contributed by atoms with Gasteiger partial charge in [-0.1, -0.05) is 13.8 Å². The van der Waals surface area contributed by atoms with Crippen LogP contribution in [0.15, 0.2) is 5.38 Å². The number of esters is 1. The predicted octanol–water partition coefficient (Wildman–Crippen LogP) is 3.28. The Balaban J connectivity index is 2.34. The zero-order valence-electron chi connectivity index (χ0n) is 10.6. The Bertz CT molecular complexity index is 352. The van der Waals surface area contributed by atoms with E-state index in [9.17, 15) is 4.79 Å². The molecule has 1 aromatic rings. The van der Waals surface area contributed by atoms with E-state index < -0.39 is 0 Å². The van der Waals surface area contributed by atoms with Crippen LogP contribution in [0, 0.1) is 0 Å². The largest absolute Gasteiger partial charge is 0.469 e. The zero-order chi connectivity index (χ0) is 12.7. The Morgan fingerprint density at radius 1 is 1.65 bits per heavy atom. The molecule has 0 aliphatic carbocycles. The SMILES string of the molecule is CCC(C)SCc1nc(CCC(=O)OC)cs1. The molecule has 0 amide bonds. The molecular weight excluding hydrogens is 254 g/mol. The zero-order valence-corrected chi connectivity index (χ0v) is 12.2. The van der Waals surface area contributed by atoms with Gasteiger partial charge in [-0.25, -0.2) is 4.98 Å². The number of carbonyl (C=O) groups is 1. The van der Waals surface area contributed by atoms with Gasteiger partial charge in [-0.15, -0.1) is 11.3 Å². The molecule has 0 aliphatic rings. The van der Waals surface area contributed by atoms with Gasteiger partial charge in [-0.2, -0.15) is 11.8 Å². The second kappa shape index (κ2) is 7.71. The van der Waals surface area contributed by atoms with Crippen molar-refractivity contribution < 1.29 is 9.53 Å². The summed E-state index contributed by atoms with van der Waals surface area (Å²) in [6, 6.07) is 0. The van der Waals surface area contributed by atoms with E-state index in [-0.39, 0.29) is 5.97 Å². The number of aromatic nitrogens is 1. The molecule has 0 fully saturated rings. The molecule has 1 heterocycles. The van der Waals surface area contributed by atoms with Crippen LogP contribution < -0.4 is 0 Å². The van der Waals surface area contributed by atoms with Gasteiger partial charge in [0.25, 0.3) is 0 Å². The summed E-state index contributed by atoms with van der Waals surface area (Å²) in [6.45, 7) is 4.43. The normalized spacial score (nSPS) is 12.4. The molecule has 5 heteroatoms. The number of thioether (sulfide) groups is 1. The van der Waals surface area contributed by atoms with Crippen molar-refractivity contribution in [1.82, 2.24) is 4.98 Å². The van der Waals surface area contributed by atoms with Gasteiger partial charge in [0.2, 0.25) is 0 Å². The van der Waals surface area contributed by atoms with Gasteiger partial charge in [0, 0.05) is 22.8 Å². The Kier molecular flexibility index (Phi) is 6.58. The molecule has 1 atom stereocenters. The standard InChI is InChI=1S/C12H19NO2S2/c1-4-9(2)16-8-11-13-10(7-17-11)5-6-12(14)15-3/h7,9H,4-6,8H2,1-3H3. The lowest BCUT2D eigenvalue weighted by atomic mass is 10.2. The summed E-state index contributed by atoms with van der Waals surface area (Å²) < 4.78 is 4.60. The van der Waals surface area contributed by atoms with Gasteiger partial charge < -0.3 is 4.74 Å². The van der Waals surface area contributed by atoms with Crippen LogP contribution in [0.4, 0.5) is 0 Å². The topological polar surface area (TPSA) is 39.2 Å². The third-order valence-corrected chi connectivity index (χ3v) is 4.90. The Morgan fingerprint density at radius 2 is 2.41 bits per heavy atom. The Labute approximate surface area is 111 Å². The van der Waals surface area contributed by atoms with E-state index in [0.717, 1.165) is 16.5 Å². The van der Waals surface area contributed by atoms with Crippen molar-refractivity contribution in [1.29, 1.82) is 0 Å². The molecule has 0 saturated carbocycles. The van der Waals surface area contributed by atoms with Crippen molar-refractivity contribution in [3.8, 4) is 0 Å². The minimum absolute atomic E-state index is 0.173. The van der Waals surface area contributed by atoms with Crippen LogP contribution in [0.5, 0.6) is 0 Å². The molecule has 0 N–H and O–H groups in total. The Morgan fingerprint density at radius 3 is 3.06 bits per heavy atom. The summed E-state index contributed by atoms with van der Waals surface area (Å²) in [5, 5.41) is 3.86. The van der Waals surface area contributed by atoms with Crippen LogP contribution in [-0.2, 0) is 21.7 Å². The Hall–Kier alpha value is -0.550. The maximum Gasteiger partial charge on any atom is 0.305 e. The van der Waals surface area contributed by atoms with Crippen LogP contribution in [0.25, 0.3) is 0 Å². The maximum atomic E-state index is 11.0. The van der Waals surface area contributed by atoms with E-state index in [1.54, 1.807) is 11.3 Å². The summed E-state index contributed by atoms with van der Waals surface area (Å²) in [6.07, 6.45) is 2.28. The van der Waals surface area contributed by atoms with Crippen molar-refractivity contribution in [3.63, 3.8) is 0 Å². The van der Waals surface area contributed by atoms with Crippen LogP contribution in [0.3, 0.4) is 0 Å². The number of nitrogens with zero attached hydrogens (tertiary/aromatic N) is 1. The summed E-state index contributed by atoms with van der Waals surface area (Å²) in [7, 11) is 1.41. The molecule has 1 aromatic heterocycles. The lowest BCUT2D eigenvalue weighted by Crippen LogP contribution is -2.02. The van der Waals surface area contributed by atoms with Gasteiger partial charge in [-0.05, 0) is 6.42 Å². The molecule has 1 unspecified atom stereocenters. The first-order valence-corrected chi connectivity index (χ1v) is 7.70. The third-order valence-electron chi connectivity index (χ3n) is 2.48. The lowest BCUT2D eigenvalue weighted by Gasteiger charge is -2.05. The highest BCUT2D eigenvalue weighted by atomic mass is 32.2. The molecule has 17 heavy (non-hydrogen) atoms. The van der Waals surface area contributed by atoms with Gasteiger partial charge in [0.05, 0.1) is 19.2 Å². The molecule has 1 rings (SSSR count). The molecule has 96 valence electrons. The molecular formula is C12H19NO2S2. The summed E-state index contributed by atoms with van der Waals surface area (Å²) in [5.74, 6) is 0.797. The molecule has 0 bridgehead atoms. The number of aryl methyl sites for hydroxylation is 1. The minimum Gasteiger partial charge on any atom is -0.469 e. The lowest BCUT2D eigenvalue weighted by molar-refractivity contribution is -0.140. The van der Waals surface area contributed by atoms with Crippen LogP contribution >= 0.6 is 23.1 Å².